The lowest BCUT2D eigenvalue weighted by Crippen LogP contribution is -2.37. The Hall–Kier alpha value is -3.01. The highest BCUT2D eigenvalue weighted by molar-refractivity contribution is 8.00. The maximum absolute atomic E-state index is 12.9. The number of aromatic nitrogens is 4. The summed E-state index contributed by atoms with van der Waals surface area (Å²) in [5, 5.41) is 9.17. The molecule has 1 atom stereocenters. The number of rotatable bonds is 8. The number of nitrogens with zero attached hydrogens (tertiary/aromatic N) is 4. The number of carboxylic acid groups (broad SMARTS) is 1. The van der Waals surface area contributed by atoms with Gasteiger partial charge in [0.25, 0.3) is 5.56 Å². The standard InChI is InChI=1S/C20H24N4O5S/c1-5-14(18(26)27)30-19-21-16-15(17(25)23(3)20(28)22(16)2)24(19)11-10-12-6-8-13(29-4)9-7-12/h6-9,14H,5,10-11H2,1-4H3,(H,26,27)/t14-/m1/s1. The molecule has 0 spiro atoms. The molecule has 0 bridgehead atoms. The smallest absolute Gasteiger partial charge is 0.332 e. The van der Waals surface area contributed by atoms with Crippen molar-refractivity contribution in [2.24, 2.45) is 14.1 Å². The van der Waals surface area contributed by atoms with Crippen molar-refractivity contribution in [2.75, 3.05) is 7.11 Å². The number of carbonyl (C=O) groups is 1. The summed E-state index contributed by atoms with van der Waals surface area (Å²) < 4.78 is 9.25. The van der Waals surface area contributed by atoms with Crippen LogP contribution in [0.5, 0.6) is 5.75 Å². The first-order valence-corrected chi connectivity index (χ1v) is 10.3. The number of thioether (sulfide) groups is 1. The third-order valence-corrected chi connectivity index (χ3v) is 6.33. The molecule has 3 rings (SSSR count). The highest BCUT2D eigenvalue weighted by Gasteiger charge is 2.24. The first kappa shape index (κ1) is 21.7. The van der Waals surface area contributed by atoms with E-state index in [1.54, 1.807) is 25.6 Å². The van der Waals surface area contributed by atoms with Gasteiger partial charge in [0.15, 0.2) is 16.3 Å². The fraction of sp³-hybridized carbons (Fsp3) is 0.400. The van der Waals surface area contributed by atoms with Crippen molar-refractivity contribution in [1.82, 2.24) is 18.7 Å². The molecule has 0 unspecified atom stereocenters. The number of fused-ring (bicyclic) bond motifs is 1. The Bertz CT molecular complexity index is 1190. The molecule has 0 aliphatic rings. The molecule has 0 saturated carbocycles. The van der Waals surface area contributed by atoms with Crippen molar-refractivity contribution >= 4 is 28.9 Å². The van der Waals surface area contributed by atoms with Gasteiger partial charge in [0, 0.05) is 20.6 Å². The van der Waals surface area contributed by atoms with Crippen LogP contribution in [0.2, 0.25) is 0 Å². The van der Waals surface area contributed by atoms with Crippen LogP contribution in [0.1, 0.15) is 18.9 Å². The maximum atomic E-state index is 12.9. The summed E-state index contributed by atoms with van der Waals surface area (Å²) in [6.07, 6.45) is 0.998. The quantitative estimate of drug-likeness (QED) is 0.539. The summed E-state index contributed by atoms with van der Waals surface area (Å²) in [7, 11) is 4.57. The highest BCUT2D eigenvalue weighted by Crippen LogP contribution is 2.28. The first-order chi connectivity index (χ1) is 14.3. The molecule has 0 radical (unpaired) electrons. The number of aliphatic carboxylic acids is 1. The molecule has 0 saturated heterocycles. The predicted molar refractivity (Wildman–Crippen MR) is 114 cm³/mol. The summed E-state index contributed by atoms with van der Waals surface area (Å²) in [6, 6.07) is 7.59. The van der Waals surface area contributed by atoms with E-state index in [9.17, 15) is 19.5 Å². The molecule has 0 fully saturated rings. The van der Waals surface area contributed by atoms with Gasteiger partial charge in [0.2, 0.25) is 0 Å². The zero-order valence-electron chi connectivity index (χ0n) is 17.3. The number of benzene rings is 1. The van der Waals surface area contributed by atoms with Crippen LogP contribution in [-0.4, -0.2) is 42.1 Å². The topological polar surface area (TPSA) is 108 Å². The minimum atomic E-state index is -0.946. The van der Waals surface area contributed by atoms with Crippen LogP contribution in [0.15, 0.2) is 39.0 Å². The third kappa shape index (κ3) is 4.00. The van der Waals surface area contributed by atoms with Gasteiger partial charge in [0.1, 0.15) is 11.0 Å². The zero-order valence-corrected chi connectivity index (χ0v) is 18.1. The second-order valence-electron chi connectivity index (χ2n) is 6.88. The SMILES string of the molecule is CC[C@@H](Sc1nc2c(c(=O)n(C)c(=O)n2C)n1CCc1ccc(OC)cc1)C(=O)O. The van der Waals surface area contributed by atoms with Crippen molar-refractivity contribution in [3.05, 3.63) is 50.7 Å². The number of methoxy groups -OCH3 is 1. The Morgan fingerprint density at radius 1 is 1.20 bits per heavy atom. The Labute approximate surface area is 176 Å². The lowest BCUT2D eigenvalue weighted by molar-refractivity contribution is -0.136. The van der Waals surface area contributed by atoms with Crippen LogP contribution in [0.25, 0.3) is 11.2 Å². The van der Waals surface area contributed by atoms with Crippen LogP contribution in [0.3, 0.4) is 0 Å². The van der Waals surface area contributed by atoms with Gasteiger partial charge >= 0.3 is 11.7 Å². The van der Waals surface area contributed by atoms with E-state index in [-0.39, 0.29) is 11.2 Å². The normalized spacial score (nSPS) is 12.3. The number of carboxylic acids is 1. The van der Waals surface area contributed by atoms with Crippen LogP contribution in [0, 0.1) is 0 Å². The maximum Gasteiger partial charge on any atom is 0.332 e. The van der Waals surface area contributed by atoms with Crippen molar-refractivity contribution < 1.29 is 14.6 Å². The van der Waals surface area contributed by atoms with Crippen molar-refractivity contribution in [3.8, 4) is 5.75 Å². The van der Waals surface area contributed by atoms with Crippen LogP contribution >= 0.6 is 11.8 Å². The molecule has 2 aromatic heterocycles. The molecule has 0 amide bonds. The van der Waals surface area contributed by atoms with E-state index in [0.29, 0.717) is 24.5 Å². The summed E-state index contributed by atoms with van der Waals surface area (Å²) in [4.78, 5) is 41.2. The molecule has 1 aromatic carbocycles. The Kier molecular flexibility index (Phi) is 6.35. The van der Waals surface area contributed by atoms with E-state index in [2.05, 4.69) is 4.98 Å². The van der Waals surface area contributed by atoms with Gasteiger partial charge in [-0.2, -0.15) is 0 Å². The van der Waals surface area contributed by atoms with Gasteiger partial charge in [-0.25, -0.2) is 9.78 Å². The zero-order chi connectivity index (χ0) is 22.0. The molecule has 0 aliphatic heterocycles. The number of aryl methyl sites for hydroxylation is 3. The van der Waals surface area contributed by atoms with Crippen molar-refractivity contribution in [2.45, 2.75) is 36.7 Å². The van der Waals surface area contributed by atoms with E-state index in [1.165, 1.54) is 11.6 Å². The van der Waals surface area contributed by atoms with Gasteiger partial charge in [-0.15, -0.1) is 0 Å². The summed E-state index contributed by atoms with van der Waals surface area (Å²) >= 11 is 1.09. The Balaban J connectivity index is 2.10. The van der Waals surface area contributed by atoms with Crippen molar-refractivity contribution in [1.29, 1.82) is 0 Å². The lowest BCUT2D eigenvalue weighted by atomic mass is 10.1. The van der Waals surface area contributed by atoms with E-state index < -0.39 is 22.5 Å². The Morgan fingerprint density at radius 3 is 2.43 bits per heavy atom. The van der Waals surface area contributed by atoms with E-state index in [1.807, 2.05) is 24.3 Å². The fourth-order valence-corrected chi connectivity index (χ4v) is 4.16. The van der Waals surface area contributed by atoms with Crippen LogP contribution < -0.4 is 16.0 Å². The average Bonchev–Trinajstić information content (AvgIpc) is 3.11. The molecular weight excluding hydrogens is 408 g/mol. The third-order valence-electron chi connectivity index (χ3n) is 4.99. The predicted octanol–water partition coefficient (Wildman–Crippen LogP) is 1.64. The molecule has 9 nitrogen and oxygen atoms in total. The van der Waals surface area contributed by atoms with Crippen LogP contribution in [-0.2, 0) is 31.9 Å². The minimum absolute atomic E-state index is 0.251. The number of imidazole rings is 1. The monoisotopic (exact) mass is 432 g/mol. The second-order valence-corrected chi connectivity index (χ2v) is 8.04. The number of ether oxygens (including phenoxy) is 1. The number of hydrogen-bond donors (Lipinski definition) is 1. The minimum Gasteiger partial charge on any atom is -0.497 e. The number of hydrogen-bond acceptors (Lipinski definition) is 6. The first-order valence-electron chi connectivity index (χ1n) is 9.47. The molecule has 160 valence electrons. The van der Waals surface area contributed by atoms with E-state index in [0.717, 1.165) is 27.6 Å². The van der Waals surface area contributed by atoms with Gasteiger partial charge in [-0.1, -0.05) is 30.8 Å². The Morgan fingerprint density at radius 2 is 1.87 bits per heavy atom. The fourth-order valence-electron chi connectivity index (χ4n) is 3.19. The molecular formula is C20H24N4O5S. The van der Waals surface area contributed by atoms with Gasteiger partial charge < -0.3 is 14.4 Å². The molecule has 0 aliphatic carbocycles. The molecule has 1 N–H and O–H groups in total. The molecule has 2 heterocycles. The van der Waals surface area contributed by atoms with Gasteiger partial charge in [-0.05, 0) is 30.5 Å². The molecule has 30 heavy (non-hydrogen) atoms. The molecule has 10 heteroatoms. The largest absolute Gasteiger partial charge is 0.497 e. The van der Waals surface area contributed by atoms with Crippen LogP contribution in [0.4, 0.5) is 0 Å². The molecule has 3 aromatic rings. The lowest BCUT2D eigenvalue weighted by Gasteiger charge is -2.12. The second kappa shape index (κ2) is 8.78. The van der Waals surface area contributed by atoms with E-state index in [4.69, 9.17) is 4.74 Å². The van der Waals surface area contributed by atoms with Crippen molar-refractivity contribution in [3.63, 3.8) is 0 Å². The summed E-state index contributed by atoms with van der Waals surface area (Å²) in [6.45, 7) is 2.19. The van der Waals surface area contributed by atoms with E-state index >= 15 is 0 Å². The highest BCUT2D eigenvalue weighted by atomic mass is 32.2. The summed E-state index contributed by atoms with van der Waals surface area (Å²) in [5.74, 6) is -0.197. The summed E-state index contributed by atoms with van der Waals surface area (Å²) in [5.41, 5.74) is 0.636. The van der Waals surface area contributed by atoms with Gasteiger partial charge in [0.05, 0.1) is 7.11 Å². The van der Waals surface area contributed by atoms with Gasteiger partial charge in [-0.3, -0.25) is 18.7 Å². The average molecular weight is 433 g/mol.